The minimum absolute atomic E-state index is 0.0206. The fraction of sp³-hybridized carbons (Fsp3) is 0.500. The van der Waals surface area contributed by atoms with E-state index in [0.717, 1.165) is 8.66 Å². The van der Waals surface area contributed by atoms with E-state index in [1.165, 1.54) is 11.3 Å². The molecular formula is C8H6Br2ClF3S. The van der Waals surface area contributed by atoms with E-state index in [9.17, 15) is 13.2 Å². The topological polar surface area (TPSA) is 0 Å². The molecule has 1 aromatic heterocycles. The van der Waals surface area contributed by atoms with Crippen molar-refractivity contribution in [2.24, 2.45) is 0 Å². The average Bonchev–Trinajstić information content (AvgIpc) is 2.42. The van der Waals surface area contributed by atoms with Crippen molar-refractivity contribution in [3.8, 4) is 0 Å². The summed E-state index contributed by atoms with van der Waals surface area (Å²) in [7, 11) is 0. The van der Waals surface area contributed by atoms with Crippen molar-refractivity contribution in [2.75, 3.05) is 0 Å². The van der Waals surface area contributed by atoms with E-state index >= 15 is 0 Å². The molecule has 0 aliphatic carbocycles. The molecule has 1 heterocycles. The minimum atomic E-state index is -4.11. The Labute approximate surface area is 111 Å². The first kappa shape index (κ1) is 13.8. The van der Waals surface area contributed by atoms with Gasteiger partial charge in [0.25, 0.3) is 0 Å². The normalized spacial score (nSPS) is 14.3. The average molecular weight is 386 g/mol. The summed E-state index contributed by atoms with van der Waals surface area (Å²) in [6.07, 6.45) is -4.88. The van der Waals surface area contributed by atoms with Crippen LogP contribution in [0.3, 0.4) is 0 Å². The summed E-state index contributed by atoms with van der Waals surface area (Å²) >= 11 is 13.6. The highest BCUT2D eigenvalue weighted by molar-refractivity contribution is 9.11. The summed E-state index contributed by atoms with van der Waals surface area (Å²) in [5.74, 6) is 0. The minimum Gasteiger partial charge on any atom is -0.171 e. The van der Waals surface area contributed by atoms with Crippen molar-refractivity contribution < 1.29 is 13.2 Å². The number of rotatable bonds is 3. The maximum Gasteiger partial charge on any atom is 0.389 e. The molecule has 0 amide bonds. The lowest BCUT2D eigenvalue weighted by molar-refractivity contribution is -0.135. The first-order chi connectivity index (χ1) is 6.79. The molecule has 0 nitrogen and oxygen atoms in total. The van der Waals surface area contributed by atoms with Gasteiger partial charge in [0.2, 0.25) is 0 Å². The first-order valence-electron chi connectivity index (χ1n) is 3.95. The fourth-order valence-electron chi connectivity index (χ4n) is 0.950. The third-order valence-electron chi connectivity index (χ3n) is 1.65. The summed E-state index contributed by atoms with van der Waals surface area (Å²) in [6, 6.07) is 1.67. The van der Waals surface area contributed by atoms with Gasteiger partial charge in [-0.2, -0.15) is 13.2 Å². The number of alkyl halides is 4. The Balaban J connectivity index is 2.58. The monoisotopic (exact) mass is 384 g/mol. The lowest BCUT2D eigenvalue weighted by Gasteiger charge is -2.09. The van der Waals surface area contributed by atoms with Gasteiger partial charge in [0.15, 0.2) is 0 Å². The lowest BCUT2D eigenvalue weighted by Crippen LogP contribution is -2.07. The number of thiophene rings is 1. The third kappa shape index (κ3) is 4.63. The van der Waals surface area contributed by atoms with Crippen LogP contribution in [0.4, 0.5) is 13.2 Å². The van der Waals surface area contributed by atoms with E-state index < -0.39 is 12.6 Å². The number of halogens is 6. The fourth-order valence-corrected chi connectivity index (χ4v) is 3.35. The van der Waals surface area contributed by atoms with Gasteiger partial charge in [-0.15, -0.1) is 11.3 Å². The Morgan fingerprint density at radius 3 is 2.47 bits per heavy atom. The van der Waals surface area contributed by atoms with Crippen LogP contribution in [0.15, 0.2) is 9.85 Å². The molecule has 0 fully saturated rings. The van der Waals surface area contributed by atoms with Crippen LogP contribution in [0.1, 0.15) is 22.5 Å². The van der Waals surface area contributed by atoms with Gasteiger partial charge in [-0.25, -0.2) is 0 Å². The van der Waals surface area contributed by atoms with E-state index in [0.29, 0.717) is 5.02 Å². The molecule has 0 saturated heterocycles. The highest BCUT2D eigenvalue weighted by atomic mass is 79.9. The van der Waals surface area contributed by atoms with Gasteiger partial charge in [-0.3, -0.25) is 0 Å². The molecule has 1 atom stereocenters. The van der Waals surface area contributed by atoms with Gasteiger partial charge in [-0.05, 0) is 28.4 Å². The Kier molecular flexibility index (Phi) is 4.95. The Morgan fingerprint density at radius 2 is 2.07 bits per heavy atom. The zero-order chi connectivity index (χ0) is 11.6. The van der Waals surface area contributed by atoms with E-state index in [4.69, 9.17) is 11.6 Å². The highest BCUT2D eigenvalue weighted by Gasteiger charge is 2.28. The lowest BCUT2D eigenvalue weighted by atomic mass is 10.2. The molecule has 1 aromatic rings. The number of hydrogen-bond acceptors (Lipinski definition) is 1. The quantitative estimate of drug-likeness (QED) is 0.564. The van der Waals surface area contributed by atoms with Gasteiger partial charge in [-0.1, -0.05) is 27.5 Å². The second-order valence-corrected chi connectivity index (χ2v) is 6.81. The second kappa shape index (κ2) is 5.38. The zero-order valence-corrected chi connectivity index (χ0v) is 12.0. The van der Waals surface area contributed by atoms with Crippen molar-refractivity contribution in [3.63, 3.8) is 0 Å². The Hall–Kier alpha value is 0.740. The van der Waals surface area contributed by atoms with Crippen molar-refractivity contribution >= 4 is 54.8 Å². The predicted octanol–water partition coefficient (Wildman–Crippen LogP) is 5.94. The molecule has 0 radical (unpaired) electrons. The molecule has 0 N–H and O–H groups in total. The molecule has 0 aromatic carbocycles. The molecule has 86 valence electrons. The summed E-state index contributed by atoms with van der Waals surface area (Å²) in [6.45, 7) is 0. The van der Waals surface area contributed by atoms with Crippen molar-refractivity contribution in [3.05, 3.63) is 19.8 Å². The molecular weight excluding hydrogens is 380 g/mol. The molecule has 0 aliphatic rings. The van der Waals surface area contributed by atoms with Crippen LogP contribution < -0.4 is 0 Å². The van der Waals surface area contributed by atoms with Crippen molar-refractivity contribution in [1.29, 1.82) is 0 Å². The van der Waals surface area contributed by atoms with Crippen LogP contribution in [0, 0.1) is 0 Å². The Morgan fingerprint density at radius 1 is 1.47 bits per heavy atom. The molecule has 0 aliphatic heterocycles. The van der Waals surface area contributed by atoms with Gasteiger partial charge >= 0.3 is 6.18 Å². The number of hydrogen-bond donors (Lipinski definition) is 0. The molecule has 7 heteroatoms. The van der Waals surface area contributed by atoms with Crippen molar-refractivity contribution in [1.82, 2.24) is 0 Å². The van der Waals surface area contributed by atoms with Crippen LogP contribution in [0.25, 0.3) is 0 Å². The third-order valence-corrected chi connectivity index (χ3v) is 5.50. The molecule has 0 saturated carbocycles. The molecule has 15 heavy (non-hydrogen) atoms. The molecule has 1 rings (SSSR count). The predicted molar refractivity (Wildman–Crippen MR) is 64.0 cm³/mol. The van der Waals surface area contributed by atoms with Gasteiger partial charge < -0.3 is 0 Å². The highest BCUT2D eigenvalue weighted by Crippen LogP contribution is 2.41. The van der Waals surface area contributed by atoms with E-state index in [-0.39, 0.29) is 11.2 Å². The second-order valence-electron chi connectivity index (χ2n) is 2.89. The standard InChI is InChI=1S/C8H6Br2ClF3S/c9-4(1-2-8(12,13)14)6-3-5(11)7(10)15-6/h3-4H,1-2H2. The maximum atomic E-state index is 12.0. The van der Waals surface area contributed by atoms with Gasteiger partial charge in [0.1, 0.15) is 0 Å². The van der Waals surface area contributed by atoms with Crippen LogP contribution in [0.5, 0.6) is 0 Å². The van der Waals surface area contributed by atoms with E-state index in [2.05, 4.69) is 31.9 Å². The van der Waals surface area contributed by atoms with Crippen molar-refractivity contribution in [2.45, 2.75) is 23.8 Å². The zero-order valence-electron chi connectivity index (χ0n) is 7.24. The summed E-state index contributed by atoms with van der Waals surface area (Å²) in [4.78, 5) is 0.504. The molecule has 1 unspecified atom stereocenters. The van der Waals surface area contributed by atoms with Gasteiger partial charge in [0, 0.05) is 16.1 Å². The van der Waals surface area contributed by atoms with E-state index in [1.807, 2.05) is 0 Å². The van der Waals surface area contributed by atoms with E-state index in [1.54, 1.807) is 6.07 Å². The van der Waals surface area contributed by atoms with Crippen LogP contribution in [0.2, 0.25) is 5.02 Å². The maximum absolute atomic E-state index is 12.0. The first-order valence-corrected chi connectivity index (χ1v) is 6.85. The van der Waals surface area contributed by atoms with Crippen LogP contribution >= 0.6 is 54.8 Å². The van der Waals surface area contributed by atoms with Gasteiger partial charge in [0.05, 0.1) is 8.81 Å². The summed E-state index contributed by atoms with van der Waals surface area (Å²) in [5, 5.41) is 0.534. The SMILES string of the molecule is FC(F)(F)CCC(Br)c1cc(Cl)c(Br)s1. The smallest absolute Gasteiger partial charge is 0.171 e. The Bertz CT molecular complexity index is 318. The van der Waals surface area contributed by atoms with Crippen LogP contribution in [-0.4, -0.2) is 6.18 Å². The largest absolute Gasteiger partial charge is 0.389 e. The molecule has 0 spiro atoms. The molecule has 0 bridgehead atoms. The summed E-state index contributed by atoms with van der Waals surface area (Å²) in [5.41, 5.74) is 0. The van der Waals surface area contributed by atoms with Crippen LogP contribution in [-0.2, 0) is 0 Å². The summed E-state index contributed by atoms with van der Waals surface area (Å²) < 4.78 is 36.6.